The van der Waals surface area contributed by atoms with Gasteiger partial charge in [0.1, 0.15) is 0 Å². The number of rotatable bonds is 11. The summed E-state index contributed by atoms with van der Waals surface area (Å²) in [6.07, 6.45) is 5.09. The summed E-state index contributed by atoms with van der Waals surface area (Å²) in [5.41, 5.74) is 2.23. The van der Waals surface area contributed by atoms with E-state index in [1.165, 1.54) is 11.3 Å². The highest BCUT2D eigenvalue weighted by Crippen LogP contribution is 2.34. The van der Waals surface area contributed by atoms with Crippen LogP contribution in [0.2, 0.25) is 5.02 Å². The molecule has 0 aliphatic heterocycles. The Bertz CT molecular complexity index is 1380. The molecular weight excluding hydrogens is 552 g/mol. The van der Waals surface area contributed by atoms with E-state index >= 15 is 0 Å². The van der Waals surface area contributed by atoms with Gasteiger partial charge in [-0.15, -0.1) is 0 Å². The summed E-state index contributed by atoms with van der Waals surface area (Å²) in [5, 5.41) is 1.25. The van der Waals surface area contributed by atoms with Gasteiger partial charge < -0.3 is 4.90 Å². The maximum atomic E-state index is 13.8. The van der Waals surface area contributed by atoms with Crippen LogP contribution < -0.4 is 4.90 Å². The fourth-order valence-electron chi connectivity index (χ4n) is 5.38. The van der Waals surface area contributed by atoms with Gasteiger partial charge in [0.2, 0.25) is 10.0 Å². The average molecular weight is 591 g/mol. The van der Waals surface area contributed by atoms with Crippen molar-refractivity contribution >= 4 is 54.2 Å². The predicted molar refractivity (Wildman–Crippen MR) is 162 cm³/mol. The van der Waals surface area contributed by atoms with E-state index in [1.807, 2.05) is 26.0 Å². The molecule has 0 saturated heterocycles. The van der Waals surface area contributed by atoms with Crippen LogP contribution in [0, 0.1) is 6.92 Å². The highest BCUT2D eigenvalue weighted by Gasteiger charge is 2.31. The van der Waals surface area contributed by atoms with Crippen LogP contribution in [0.5, 0.6) is 0 Å². The summed E-state index contributed by atoms with van der Waals surface area (Å²) in [6.45, 7) is 11.4. The van der Waals surface area contributed by atoms with Gasteiger partial charge >= 0.3 is 0 Å². The first-order valence-corrected chi connectivity index (χ1v) is 16.6. The van der Waals surface area contributed by atoms with Crippen molar-refractivity contribution in [1.29, 1.82) is 0 Å². The molecule has 3 aromatic rings. The first kappa shape index (κ1) is 29.9. The summed E-state index contributed by atoms with van der Waals surface area (Å²) in [7, 11) is -3.64. The molecular formula is C29H39ClN4O3S2. The van der Waals surface area contributed by atoms with Crippen LogP contribution >= 0.6 is 22.9 Å². The summed E-state index contributed by atoms with van der Waals surface area (Å²) in [5.74, 6) is -0.200. The van der Waals surface area contributed by atoms with Crippen molar-refractivity contribution in [3.63, 3.8) is 0 Å². The Labute approximate surface area is 241 Å². The van der Waals surface area contributed by atoms with Crippen LogP contribution in [0.15, 0.2) is 41.3 Å². The zero-order valence-electron chi connectivity index (χ0n) is 23.3. The normalized spacial score (nSPS) is 14.9. The number of benzene rings is 2. The Morgan fingerprint density at radius 1 is 1.00 bits per heavy atom. The van der Waals surface area contributed by atoms with Crippen LogP contribution in [0.4, 0.5) is 5.13 Å². The molecule has 1 amide bonds. The number of thiazole rings is 1. The quantitative estimate of drug-likeness (QED) is 0.252. The first-order valence-electron chi connectivity index (χ1n) is 13.9. The van der Waals surface area contributed by atoms with Gasteiger partial charge in [-0.3, -0.25) is 9.69 Å². The third-order valence-corrected chi connectivity index (χ3v) is 10.9. The first-order chi connectivity index (χ1) is 18.7. The number of hydrogen-bond acceptors (Lipinski definition) is 6. The molecule has 0 N–H and O–H groups in total. The number of fused-ring (bicyclic) bond motifs is 1. The van der Waals surface area contributed by atoms with Crippen molar-refractivity contribution in [3.8, 4) is 0 Å². The zero-order chi connectivity index (χ0) is 28.2. The average Bonchev–Trinajstić information content (AvgIpc) is 3.36. The molecule has 4 rings (SSSR count). The lowest BCUT2D eigenvalue weighted by Gasteiger charge is -2.32. The molecule has 1 aliphatic carbocycles. The molecule has 10 heteroatoms. The highest BCUT2D eigenvalue weighted by molar-refractivity contribution is 7.89. The molecule has 212 valence electrons. The van der Waals surface area contributed by atoms with E-state index in [-0.39, 0.29) is 16.8 Å². The van der Waals surface area contributed by atoms with Gasteiger partial charge in [-0.05, 0) is 74.8 Å². The number of carbonyl (C=O) groups excluding carboxylic acids is 1. The topological polar surface area (TPSA) is 73.8 Å². The van der Waals surface area contributed by atoms with Gasteiger partial charge in [-0.1, -0.05) is 63.0 Å². The molecule has 1 aromatic heterocycles. The zero-order valence-corrected chi connectivity index (χ0v) is 25.7. The number of aryl methyl sites for hydroxylation is 1. The minimum Gasteiger partial charge on any atom is -0.302 e. The Morgan fingerprint density at radius 3 is 2.28 bits per heavy atom. The number of nitrogens with zero attached hydrogens (tertiary/aromatic N) is 4. The lowest BCUT2D eigenvalue weighted by atomic mass is 9.95. The molecule has 39 heavy (non-hydrogen) atoms. The summed E-state index contributed by atoms with van der Waals surface area (Å²) in [4.78, 5) is 22.9. The van der Waals surface area contributed by atoms with Gasteiger partial charge in [0.15, 0.2) is 5.13 Å². The maximum absolute atomic E-state index is 13.8. The molecule has 0 unspecified atom stereocenters. The molecule has 7 nitrogen and oxygen atoms in total. The number of hydrogen-bond donors (Lipinski definition) is 0. The Hall–Kier alpha value is -2.04. The van der Waals surface area contributed by atoms with E-state index in [2.05, 4.69) is 18.7 Å². The fourth-order valence-corrected chi connectivity index (χ4v) is 8.52. The van der Waals surface area contributed by atoms with Gasteiger partial charge in [-0.2, -0.15) is 4.31 Å². The van der Waals surface area contributed by atoms with Crippen LogP contribution in [-0.2, 0) is 10.0 Å². The van der Waals surface area contributed by atoms with Crippen molar-refractivity contribution in [2.24, 2.45) is 0 Å². The van der Waals surface area contributed by atoms with Crippen molar-refractivity contribution < 1.29 is 13.2 Å². The number of halogens is 1. The van der Waals surface area contributed by atoms with E-state index < -0.39 is 10.0 Å². The van der Waals surface area contributed by atoms with E-state index in [4.69, 9.17) is 16.6 Å². The van der Waals surface area contributed by atoms with E-state index in [9.17, 15) is 13.2 Å². The number of sulfonamides is 1. The Kier molecular flexibility index (Phi) is 10.0. The van der Waals surface area contributed by atoms with Gasteiger partial charge in [0, 0.05) is 36.3 Å². The minimum atomic E-state index is -3.64. The number of anilines is 1. The SMILES string of the molecule is CCN(CC)CCN(C(=O)c1ccc(S(=O)(=O)N(CC)C2CCCCC2)cc1)c1nc2c(C)cc(Cl)cc2s1. The molecule has 0 radical (unpaired) electrons. The molecule has 0 spiro atoms. The third-order valence-electron chi connectivity index (χ3n) is 7.65. The number of amides is 1. The smallest absolute Gasteiger partial charge is 0.260 e. The summed E-state index contributed by atoms with van der Waals surface area (Å²) >= 11 is 7.73. The largest absolute Gasteiger partial charge is 0.302 e. The van der Waals surface area contributed by atoms with Crippen molar-refractivity contribution in [2.45, 2.75) is 70.7 Å². The number of aromatic nitrogens is 1. The fraction of sp³-hybridized carbons (Fsp3) is 0.517. The minimum absolute atomic E-state index is 0.0432. The molecule has 1 heterocycles. The second-order valence-corrected chi connectivity index (χ2v) is 13.4. The molecule has 0 atom stereocenters. The monoisotopic (exact) mass is 590 g/mol. The van der Waals surface area contributed by atoms with Crippen molar-refractivity contribution in [1.82, 2.24) is 14.2 Å². The third kappa shape index (κ3) is 6.65. The molecule has 2 aromatic carbocycles. The maximum Gasteiger partial charge on any atom is 0.260 e. The highest BCUT2D eigenvalue weighted by atomic mass is 35.5. The summed E-state index contributed by atoms with van der Waals surface area (Å²) in [6, 6.07) is 10.2. The van der Waals surface area contributed by atoms with Crippen LogP contribution in [0.1, 0.15) is 68.8 Å². The summed E-state index contributed by atoms with van der Waals surface area (Å²) < 4.78 is 29.6. The molecule has 1 aliphatic rings. The number of likely N-dealkylation sites (N-methyl/N-ethyl adjacent to an activating group) is 1. The second-order valence-electron chi connectivity index (χ2n) is 10.1. The van der Waals surface area contributed by atoms with Crippen LogP contribution in [0.25, 0.3) is 10.2 Å². The molecule has 0 bridgehead atoms. The molecule has 1 fully saturated rings. The van der Waals surface area contributed by atoms with Gasteiger partial charge in [-0.25, -0.2) is 13.4 Å². The standard InChI is InChI=1S/C29H39ClN4O3S2/c1-5-32(6-2)17-18-33(29-31-27-21(4)19-23(30)20-26(27)38-29)28(35)22-13-15-25(16-14-22)39(36,37)34(7-3)24-11-9-8-10-12-24/h13-16,19-20,24H,5-12,17-18H2,1-4H3. The number of carbonyl (C=O) groups is 1. The molecule has 1 saturated carbocycles. The van der Waals surface area contributed by atoms with Crippen molar-refractivity contribution in [2.75, 3.05) is 37.6 Å². The van der Waals surface area contributed by atoms with E-state index in [1.54, 1.807) is 33.5 Å². The lowest BCUT2D eigenvalue weighted by Crippen LogP contribution is -2.41. The van der Waals surface area contributed by atoms with Crippen molar-refractivity contribution in [3.05, 3.63) is 52.5 Å². The Balaban J connectivity index is 1.63. The van der Waals surface area contributed by atoms with Crippen LogP contribution in [0.3, 0.4) is 0 Å². The van der Waals surface area contributed by atoms with Gasteiger partial charge in [0.05, 0.1) is 15.1 Å². The second kappa shape index (κ2) is 13.1. The lowest BCUT2D eigenvalue weighted by molar-refractivity contribution is 0.0983. The predicted octanol–water partition coefficient (Wildman–Crippen LogP) is 6.59. The Morgan fingerprint density at radius 2 is 1.67 bits per heavy atom. The van der Waals surface area contributed by atoms with Gasteiger partial charge in [0.25, 0.3) is 5.91 Å². The van der Waals surface area contributed by atoms with Crippen LogP contribution in [-0.4, -0.2) is 67.3 Å². The van der Waals surface area contributed by atoms with E-state index in [0.29, 0.717) is 35.4 Å². The van der Waals surface area contributed by atoms with E-state index in [0.717, 1.165) is 61.0 Å².